The fourth-order valence-corrected chi connectivity index (χ4v) is 6.55. The molecule has 1 aromatic heterocycles. The molecule has 2 aromatic rings. The summed E-state index contributed by atoms with van der Waals surface area (Å²) in [5.74, 6) is -1.19. The summed E-state index contributed by atoms with van der Waals surface area (Å²) in [6, 6.07) is 9.84. The molecule has 5 rings (SSSR count). The van der Waals surface area contributed by atoms with E-state index in [0.29, 0.717) is 32.7 Å². The normalized spacial score (nSPS) is 22.2. The summed E-state index contributed by atoms with van der Waals surface area (Å²) in [7, 11) is 0. The molecule has 1 aliphatic carbocycles. The molecule has 1 saturated carbocycles. The maximum absolute atomic E-state index is 14.0. The van der Waals surface area contributed by atoms with E-state index in [0.717, 1.165) is 41.8 Å². The van der Waals surface area contributed by atoms with Gasteiger partial charge in [0.1, 0.15) is 11.4 Å². The average molecular weight is 526 g/mol. The number of fused-ring (bicyclic) bond motifs is 1. The first-order chi connectivity index (χ1) is 18.0. The van der Waals surface area contributed by atoms with E-state index in [2.05, 4.69) is 4.90 Å². The number of esters is 1. The number of carbonyl (C=O) groups excluding carboxylic acids is 3. The molecule has 9 heteroatoms. The Balaban J connectivity index is 1.45. The van der Waals surface area contributed by atoms with Gasteiger partial charge in [0.25, 0.3) is 11.8 Å². The van der Waals surface area contributed by atoms with Crippen molar-refractivity contribution in [1.82, 2.24) is 14.7 Å². The fourth-order valence-electron chi connectivity index (χ4n) is 5.86. The number of carbonyl (C=O) groups is 3. The van der Waals surface area contributed by atoms with E-state index < -0.39 is 5.97 Å². The van der Waals surface area contributed by atoms with Crippen molar-refractivity contribution in [3.05, 3.63) is 69.3 Å². The van der Waals surface area contributed by atoms with Gasteiger partial charge in [-0.25, -0.2) is 9.18 Å². The van der Waals surface area contributed by atoms with Gasteiger partial charge in [-0.3, -0.25) is 9.59 Å². The Kier molecular flexibility index (Phi) is 7.60. The highest BCUT2D eigenvalue weighted by molar-refractivity contribution is 7.12. The molecule has 0 bridgehead atoms. The maximum atomic E-state index is 14.0. The molecule has 1 saturated heterocycles. The number of ether oxygens (including phenoxy) is 1. The van der Waals surface area contributed by atoms with Crippen molar-refractivity contribution in [2.75, 3.05) is 32.8 Å². The standard InChI is InChI=1S/C28H32FN3O4S/c1-2-36-28(35)24-25(30-13-15-31(16-14-30)26(33)23-8-5-17-37-23)21-6-3-4-7-22(21)32(27(24)34)18-19-9-11-20(29)12-10-19/h5,8-12,17,21-22H,2-4,6-7,13-16,18H2,1H3. The highest BCUT2D eigenvalue weighted by atomic mass is 32.1. The summed E-state index contributed by atoms with van der Waals surface area (Å²) < 4.78 is 18.9. The van der Waals surface area contributed by atoms with Crippen molar-refractivity contribution >= 4 is 29.1 Å². The van der Waals surface area contributed by atoms with Crippen LogP contribution in [0.4, 0.5) is 4.39 Å². The quantitative estimate of drug-likeness (QED) is 0.420. The van der Waals surface area contributed by atoms with Gasteiger partial charge in [0, 0.05) is 50.4 Å². The molecule has 2 aliphatic heterocycles. The van der Waals surface area contributed by atoms with Crippen molar-refractivity contribution in [1.29, 1.82) is 0 Å². The molecule has 0 radical (unpaired) electrons. The predicted molar refractivity (Wildman–Crippen MR) is 138 cm³/mol. The third-order valence-corrected chi connectivity index (χ3v) is 8.46. The van der Waals surface area contributed by atoms with Crippen molar-refractivity contribution in [2.24, 2.45) is 5.92 Å². The predicted octanol–water partition coefficient (Wildman–Crippen LogP) is 4.06. The number of hydrogen-bond donors (Lipinski definition) is 0. The van der Waals surface area contributed by atoms with Gasteiger partial charge >= 0.3 is 5.97 Å². The lowest BCUT2D eigenvalue weighted by atomic mass is 9.76. The molecule has 7 nitrogen and oxygen atoms in total. The first kappa shape index (κ1) is 25.4. The number of piperazine rings is 1. The van der Waals surface area contributed by atoms with Gasteiger partial charge in [0.05, 0.1) is 11.5 Å². The summed E-state index contributed by atoms with van der Waals surface area (Å²) in [5, 5.41) is 1.90. The number of benzene rings is 1. The van der Waals surface area contributed by atoms with Gasteiger partial charge in [-0.05, 0) is 48.9 Å². The third kappa shape index (κ3) is 5.14. The molecule has 2 atom stereocenters. The minimum atomic E-state index is -0.590. The van der Waals surface area contributed by atoms with Crippen molar-refractivity contribution in [3.63, 3.8) is 0 Å². The Morgan fingerprint density at radius 2 is 1.78 bits per heavy atom. The number of halogens is 1. The molecule has 37 heavy (non-hydrogen) atoms. The Morgan fingerprint density at radius 1 is 1.05 bits per heavy atom. The Hall–Kier alpha value is -3.20. The first-order valence-electron chi connectivity index (χ1n) is 13.0. The zero-order chi connectivity index (χ0) is 25.9. The van der Waals surface area contributed by atoms with E-state index in [1.54, 1.807) is 24.0 Å². The number of hydrogen-bond acceptors (Lipinski definition) is 6. The average Bonchev–Trinajstić information content (AvgIpc) is 3.46. The minimum Gasteiger partial charge on any atom is -0.462 e. The molecule has 3 aliphatic rings. The summed E-state index contributed by atoms with van der Waals surface area (Å²) in [5.41, 5.74) is 1.73. The minimum absolute atomic E-state index is 0.0193. The van der Waals surface area contributed by atoms with Gasteiger partial charge in [-0.2, -0.15) is 0 Å². The van der Waals surface area contributed by atoms with Crippen molar-refractivity contribution in [2.45, 2.75) is 45.2 Å². The van der Waals surface area contributed by atoms with Crippen LogP contribution in [0, 0.1) is 11.7 Å². The number of rotatable bonds is 6. The molecule has 196 valence electrons. The number of amides is 2. The summed E-state index contributed by atoms with van der Waals surface area (Å²) in [6.07, 6.45) is 3.77. The lowest BCUT2D eigenvalue weighted by molar-refractivity contribution is -0.145. The molecular weight excluding hydrogens is 493 g/mol. The van der Waals surface area contributed by atoms with Crippen LogP contribution in [0.3, 0.4) is 0 Å². The lowest BCUT2D eigenvalue weighted by Crippen LogP contribution is -2.57. The van der Waals surface area contributed by atoms with Crippen LogP contribution in [-0.4, -0.2) is 71.3 Å². The second-order valence-electron chi connectivity index (χ2n) is 9.76. The van der Waals surface area contributed by atoms with Gasteiger partial charge in [0.2, 0.25) is 0 Å². The smallest absolute Gasteiger partial charge is 0.345 e. The van der Waals surface area contributed by atoms with Crippen LogP contribution in [0.1, 0.15) is 47.8 Å². The Bertz CT molecular complexity index is 1170. The van der Waals surface area contributed by atoms with Crippen molar-refractivity contribution in [3.8, 4) is 0 Å². The molecule has 1 aromatic carbocycles. The second kappa shape index (κ2) is 11.0. The van der Waals surface area contributed by atoms with Crippen LogP contribution < -0.4 is 0 Å². The molecule has 2 fully saturated rings. The van der Waals surface area contributed by atoms with E-state index in [1.165, 1.54) is 23.5 Å². The fraction of sp³-hybridized carbons (Fsp3) is 0.464. The summed E-state index contributed by atoms with van der Waals surface area (Å²) in [4.78, 5) is 46.6. The monoisotopic (exact) mass is 525 g/mol. The zero-order valence-corrected chi connectivity index (χ0v) is 21.8. The van der Waals surface area contributed by atoms with Crippen LogP contribution in [-0.2, 0) is 20.9 Å². The van der Waals surface area contributed by atoms with E-state index in [1.807, 2.05) is 22.4 Å². The number of thiophene rings is 1. The molecular formula is C28H32FN3O4S. The van der Waals surface area contributed by atoms with Crippen LogP contribution in [0.5, 0.6) is 0 Å². The SMILES string of the molecule is CCOC(=O)C1=C(N2CCN(C(=O)c3cccs3)CC2)C2CCCCC2N(Cc2ccc(F)cc2)C1=O. The third-order valence-electron chi connectivity index (χ3n) is 7.60. The van der Waals surface area contributed by atoms with Crippen molar-refractivity contribution < 1.29 is 23.5 Å². The van der Waals surface area contributed by atoms with Crippen LogP contribution >= 0.6 is 11.3 Å². The van der Waals surface area contributed by atoms with Gasteiger partial charge in [-0.1, -0.05) is 31.0 Å². The highest BCUT2D eigenvalue weighted by Gasteiger charge is 2.47. The lowest BCUT2D eigenvalue weighted by Gasteiger charge is -2.49. The largest absolute Gasteiger partial charge is 0.462 e. The van der Waals surface area contributed by atoms with Crippen LogP contribution in [0.15, 0.2) is 53.0 Å². The summed E-state index contributed by atoms with van der Waals surface area (Å²) in [6.45, 7) is 4.41. The Labute approximate surface area is 220 Å². The number of nitrogens with zero attached hydrogens (tertiary/aromatic N) is 3. The van der Waals surface area contributed by atoms with Crippen LogP contribution in [0.2, 0.25) is 0 Å². The molecule has 3 heterocycles. The van der Waals surface area contributed by atoms with E-state index >= 15 is 0 Å². The first-order valence-corrected chi connectivity index (χ1v) is 13.9. The Morgan fingerprint density at radius 3 is 2.46 bits per heavy atom. The summed E-state index contributed by atoms with van der Waals surface area (Å²) >= 11 is 1.43. The maximum Gasteiger partial charge on any atom is 0.345 e. The zero-order valence-electron chi connectivity index (χ0n) is 21.0. The topological polar surface area (TPSA) is 70.2 Å². The second-order valence-corrected chi connectivity index (χ2v) is 10.7. The van der Waals surface area contributed by atoms with Gasteiger partial charge in [-0.15, -0.1) is 11.3 Å². The van der Waals surface area contributed by atoms with E-state index in [4.69, 9.17) is 4.74 Å². The molecule has 2 amide bonds. The van der Waals surface area contributed by atoms with Crippen LogP contribution in [0.25, 0.3) is 0 Å². The van der Waals surface area contributed by atoms with Gasteiger partial charge < -0.3 is 19.4 Å². The van der Waals surface area contributed by atoms with E-state index in [-0.39, 0.29) is 41.8 Å². The molecule has 2 unspecified atom stereocenters. The molecule has 0 spiro atoms. The van der Waals surface area contributed by atoms with Gasteiger partial charge in [0.15, 0.2) is 0 Å². The molecule has 0 N–H and O–H groups in total. The van der Waals surface area contributed by atoms with E-state index in [9.17, 15) is 18.8 Å². The highest BCUT2D eigenvalue weighted by Crippen LogP contribution is 2.42.